The Kier molecular flexibility index (Phi) is 5.82. The Balaban J connectivity index is 2.54. The molecular weight excluding hydrogens is 312 g/mol. The predicted molar refractivity (Wildman–Crippen MR) is 77.4 cm³/mol. The lowest BCUT2D eigenvalue weighted by atomic mass is 10.2. The van der Waals surface area contributed by atoms with Gasteiger partial charge in [-0.3, -0.25) is 4.79 Å². The highest BCUT2D eigenvalue weighted by Crippen LogP contribution is 2.23. The van der Waals surface area contributed by atoms with Crippen molar-refractivity contribution in [2.75, 3.05) is 18.9 Å². The molecule has 0 saturated carbocycles. The molecule has 0 heterocycles. The number of hydrogen-bond acceptors (Lipinski definition) is 2. The van der Waals surface area contributed by atoms with E-state index in [1.54, 1.807) is 7.05 Å². The Morgan fingerprint density at radius 2 is 2.11 bits per heavy atom. The van der Waals surface area contributed by atoms with Crippen LogP contribution in [-0.4, -0.2) is 35.6 Å². The normalized spacial score (nSPS) is 10.1. The van der Waals surface area contributed by atoms with E-state index >= 15 is 0 Å². The average Bonchev–Trinajstić information content (AvgIpc) is 2.33. The van der Waals surface area contributed by atoms with Crippen molar-refractivity contribution in [2.24, 2.45) is 0 Å². The number of nitrogens with one attached hydrogen (secondary N) is 1. The number of urea groups is 1. The molecule has 0 aliphatic heterocycles. The smallest absolute Gasteiger partial charge is 0.321 e. The molecule has 0 atom stereocenters. The number of carboxylic acid groups (broad SMARTS) is 1. The van der Waals surface area contributed by atoms with Crippen LogP contribution in [0.2, 0.25) is 0 Å². The van der Waals surface area contributed by atoms with Gasteiger partial charge in [0.15, 0.2) is 0 Å². The summed E-state index contributed by atoms with van der Waals surface area (Å²) in [5.74, 6) is -0.852. The molecule has 0 saturated heterocycles. The lowest BCUT2D eigenvalue weighted by molar-refractivity contribution is -0.137. The van der Waals surface area contributed by atoms with Crippen LogP contribution < -0.4 is 5.32 Å². The number of nitrogens with zero attached hydrogens (tertiary/aromatic N) is 1. The number of aliphatic carboxylic acids is 1. The number of carbonyl (C=O) groups is 2. The fraction of sp³-hybridized carbons (Fsp3) is 0.385. The molecule has 0 aromatic heterocycles. The van der Waals surface area contributed by atoms with Crippen molar-refractivity contribution in [2.45, 2.75) is 19.8 Å². The molecule has 0 bridgehead atoms. The van der Waals surface area contributed by atoms with Gasteiger partial charge in [0.2, 0.25) is 0 Å². The molecule has 0 aliphatic rings. The van der Waals surface area contributed by atoms with Crippen LogP contribution in [-0.2, 0) is 4.79 Å². The van der Waals surface area contributed by atoms with Gasteiger partial charge in [-0.15, -0.1) is 0 Å². The third-order valence-electron chi connectivity index (χ3n) is 2.59. The van der Waals surface area contributed by atoms with Crippen molar-refractivity contribution in [3.63, 3.8) is 0 Å². The Hall–Kier alpha value is -1.56. The summed E-state index contributed by atoms with van der Waals surface area (Å²) in [4.78, 5) is 23.8. The van der Waals surface area contributed by atoms with Crippen molar-refractivity contribution >= 4 is 33.6 Å². The zero-order chi connectivity index (χ0) is 14.4. The van der Waals surface area contributed by atoms with Crippen LogP contribution in [0.5, 0.6) is 0 Å². The summed E-state index contributed by atoms with van der Waals surface area (Å²) in [6, 6.07) is 5.43. The first kappa shape index (κ1) is 15.5. The van der Waals surface area contributed by atoms with Gasteiger partial charge in [0.05, 0.1) is 5.69 Å². The summed E-state index contributed by atoms with van der Waals surface area (Å²) in [5.41, 5.74) is 1.75. The summed E-state index contributed by atoms with van der Waals surface area (Å²) < 4.78 is 0.811. The number of rotatable bonds is 5. The third kappa shape index (κ3) is 5.30. The van der Waals surface area contributed by atoms with Gasteiger partial charge in [0, 0.05) is 24.5 Å². The molecule has 0 radical (unpaired) electrons. The van der Waals surface area contributed by atoms with Gasteiger partial charge in [0.25, 0.3) is 0 Å². The molecule has 0 spiro atoms. The standard InChI is InChI=1S/C13H17BrN2O3/c1-9-5-6-10(14)11(8-9)15-13(19)16(2)7-3-4-12(17)18/h5-6,8H,3-4,7H2,1-2H3,(H,15,19)(H,17,18). The lowest BCUT2D eigenvalue weighted by Crippen LogP contribution is -2.32. The van der Waals surface area contributed by atoms with E-state index in [0.29, 0.717) is 18.7 Å². The largest absolute Gasteiger partial charge is 0.481 e. The number of hydrogen-bond donors (Lipinski definition) is 2. The number of halogens is 1. The van der Waals surface area contributed by atoms with Crippen molar-refractivity contribution in [1.82, 2.24) is 4.90 Å². The summed E-state index contributed by atoms with van der Waals surface area (Å²) in [6.45, 7) is 2.35. The molecule has 6 heteroatoms. The summed E-state index contributed by atoms with van der Waals surface area (Å²) in [6.07, 6.45) is 0.500. The van der Waals surface area contributed by atoms with Crippen LogP contribution in [0.25, 0.3) is 0 Å². The first-order valence-corrected chi connectivity index (χ1v) is 6.69. The fourth-order valence-electron chi connectivity index (χ4n) is 1.51. The molecule has 5 nitrogen and oxygen atoms in total. The van der Waals surface area contributed by atoms with E-state index in [-0.39, 0.29) is 12.5 Å². The number of aryl methyl sites for hydroxylation is 1. The van der Waals surface area contributed by atoms with Crippen LogP contribution in [0.3, 0.4) is 0 Å². The third-order valence-corrected chi connectivity index (χ3v) is 3.29. The van der Waals surface area contributed by atoms with Gasteiger partial charge in [0.1, 0.15) is 0 Å². The monoisotopic (exact) mass is 328 g/mol. The van der Waals surface area contributed by atoms with E-state index < -0.39 is 5.97 Å². The first-order chi connectivity index (χ1) is 8.90. The Morgan fingerprint density at radius 1 is 1.42 bits per heavy atom. The fourth-order valence-corrected chi connectivity index (χ4v) is 1.86. The van der Waals surface area contributed by atoms with Gasteiger partial charge in [-0.25, -0.2) is 4.79 Å². The van der Waals surface area contributed by atoms with Gasteiger partial charge in [-0.1, -0.05) is 6.07 Å². The Bertz CT molecular complexity index is 477. The van der Waals surface area contributed by atoms with E-state index in [2.05, 4.69) is 21.2 Å². The molecule has 0 aliphatic carbocycles. The number of carbonyl (C=O) groups excluding carboxylic acids is 1. The van der Waals surface area contributed by atoms with Crippen LogP contribution in [0.4, 0.5) is 10.5 Å². The average molecular weight is 329 g/mol. The van der Waals surface area contributed by atoms with E-state index in [4.69, 9.17) is 5.11 Å². The second-order valence-corrected chi connectivity index (χ2v) is 5.19. The molecule has 19 heavy (non-hydrogen) atoms. The molecule has 0 fully saturated rings. The molecule has 1 rings (SSSR count). The minimum atomic E-state index is -0.852. The predicted octanol–water partition coefficient (Wildman–Crippen LogP) is 3.09. The van der Waals surface area contributed by atoms with Gasteiger partial charge in [-0.05, 0) is 47.0 Å². The first-order valence-electron chi connectivity index (χ1n) is 5.90. The second kappa shape index (κ2) is 7.13. The van der Waals surface area contributed by atoms with E-state index in [1.165, 1.54) is 4.90 Å². The van der Waals surface area contributed by atoms with Crippen molar-refractivity contribution in [3.8, 4) is 0 Å². The molecule has 104 valence electrons. The van der Waals surface area contributed by atoms with Crippen LogP contribution >= 0.6 is 15.9 Å². The lowest BCUT2D eigenvalue weighted by Gasteiger charge is -2.18. The van der Waals surface area contributed by atoms with E-state index in [0.717, 1.165) is 10.0 Å². The van der Waals surface area contributed by atoms with E-state index in [1.807, 2.05) is 25.1 Å². The highest BCUT2D eigenvalue weighted by molar-refractivity contribution is 9.10. The van der Waals surface area contributed by atoms with Crippen molar-refractivity contribution in [1.29, 1.82) is 0 Å². The molecule has 1 aromatic rings. The SMILES string of the molecule is Cc1ccc(Br)c(NC(=O)N(C)CCCC(=O)O)c1. The van der Waals surface area contributed by atoms with Gasteiger partial charge < -0.3 is 15.3 Å². The van der Waals surface area contributed by atoms with Gasteiger partial charge in [-0.2, -0.15) is 0 Å². The number of carboxylic acids is 1. The zero-order valence-corrected chi connectivity index (χ0v) is 12.5. The zero-order valence-electron chi connectivity index (χ0n) is 10.9. The topological polar surface area (TPSA) is 69.6 Å². The van der Waals surface area contributed by atoms with Crippen LogP contribution in [0.1, 0.15) is 18.4 Å². The molecule has 1 aromatic carbocycles. The number of amides is 2. The minimum Gasteiger partial charge on any atom is -0.481 e. The van der Waals surface area contributed by atoms with Crippen LogP contribution in [0.15, 0.2) is 22.7 Å². The molecular formula is C13H17BrN2O3. The second-order valence-electron chi connectivity index (χ2n) is 4.33. The molecule has 0 unspecified atom stereocenters. The summed E-state index contributed by atoms with van der Waals surface area (Å²) in [5, 5.41) is 11.3. The van der Waals surface area contributed by atoms with Crippen molar-refractivity contribution in [3.05, 3.63) is 28.2 Å². The highest BCUT2D eigenvalue weighted by Gasteiger charge is 2.11. The van der Waals surface area contributed by atoms with Gasteiger partial charge >= 0.3 is 12.0 Å². The molecule has 2 N–H and O–H groups in total. The number of benzene rings is 1. The van der Waals surface area contributed by atoms with Crippen molar-refractivity contribution < 1.29 is 14.7 Å². The molecule has 2 amide bonds. The highest BCUT2D eigenvalue weighted by atomic mass is 79.9. The Labute approximate surface area is 120 Å². The summed E-state index contributed by atoms with van der Waals surface area (Å²) in [7, 11) is 1.64. The van der Waals surface area contributed by atoms with E-state index in [9.17, 15) is 9.59 Å². The van der Waals surface area contributed by atoms with Crippen LogP contribution in [0, 0.1) is 6.92 Å². The maximum Gasteiger partial charge on any atom is 0.321 e. The number of anilines is 1. The maximum atomic E-state index is 11.9. The summed E-state index contributed by atoms with van der Waals surface area (Å²) >= 11 is 3.37. The Morgan fingerprint density at radius 3 is 2.74 bits per heavy atom. The maximum absolute atomic E-state index is 11.9. The minimum absolute atomic E-state index is 0.0613. The quantitative estimate of drug-likeness (QED) is 0.872.